The Morgan fingerprint density at radius 2 is 1.94 bits per heavy atom. The third-order valence-corrected chi connectivity index (χ3v) is 4.42. The zero-order chi connectivity index (χ0) is 12.6. The Balaban J connectivity index is 1.53. The highest BCUT2D eigenvalue weighted by Gasteiger charge is 2.71. The van der Waals surface area contributed by atoms with Crippen LogP contribution in [0.2, 0.25) is 0 Å². The van der Waals surface area contributed by atoms with E-state index in [-0.39, 0.29) is 11.4 Å². The molecule has 94 valence electrons. The van der Waals surface area contributed by atoms with E-state index in [1.165, 1.54) is 12.7 Å². The van der Waals surface area contributed by atoms with Crippen LogP contribution in [0.5, 0.6) is 0 Å². The number of carbonyl (C=O) groups excluding carboxylic acids is 1. The monoisotopic (exact) mass is 242 g/mol. The molecule has 3 saturated carbocycles. The third kappa shape index (κ3) is 1.67. The summed E-state index contributed by atoms with van der Waals surface area (Å²) in [6.07, 6.45) is 8.56. The Morgan fingerprint density at radius 1 is 1.28 bits per heavy atom. The summed E-state index contributed by atoms with van der Waals surface area (Å²) in [5.41, 5.74) is 1.54. The van der Waals surface area contributed by atoms with Crippen molar-refractivity contribution in [1.29, 1.82) is 0 Å². The van der Waals surface area contributed by atoms with Gasteiger partial charge in [0.1, 0.15) is 0 Å². The average Bonchev–Trinajstić information content (AvgIpc) is 2.31. The van der Waals surface area contributed by atoms with Gasteiger partial charge in [0.05, 0.1) is 12.5 Å². The van der Waals surface area contributed by atoms with Crippen molar-refractivity contribution in [2.75, 3.05) is 7.11 Å². The van der Waals surface area contributed by atoms with Crippen LogP contribution in [-0.2, 0) is 9.53 Å². The number of benzene rings is 1. The van der Waals surface area contributed by atoms with Crippen molar-refractivity contribution in [3.05, 3.63) is 42.0 Å². The Hall–Kier alpha value is -1.57. The Labute approximate surface area is 108 Å². The third-order valence-electron chi connectivity index (χ3n) is 4.42. The van der Waals surface area contributed by atoms with E-state index < -0.39 is 0 Å². The second kappa shape index (κ2) is 3.98. The lowest BCUT2D eigenvalue weighted by atomic mass is 9.34. The van der Waals surface area contributed by atoms with Crippen LogP contribution in [0.25, 0.3) is 6.08 Å². The summed E-state index contributed by atoms with van der Waals surface area (Å²) in [4.78, 5) is 11.6. The molecular weight excluding hydrogens is 224 g/mol. The molecule has 3 aliphatic carbocycles. The van der Waals surface area contributed by atoms with Crippen LogP contribution in [0, 0.1) is 10.8 Å². The summed E-state index contributed by atoms with van der Waals surface area (Å²) in [5, 5.41) is 0. The highest BCUT2D eigenvalue weighted by Crippen LogP contribution is 2.75. The highest BCUT2D eigenvalue weighted by atomic mass is 16.5. The molecule has 1 aromatic rings. The molecule has 0 heterocycles. The Morgan fingerprint density at radius 3 is 2.56 bits per heavy atom. The zero-order valence-electron chi connectivity index (χ0n) is 10.7. The first-order chi connectivity index (χ1) is 8.68. The van der Waals surface area contributed by atoms with Gasteiger partial charge in [-0.05, 0) is 36.7 Å². The number of rotatable bonds is 4. The van der Waals surface area contributed by atoms with Gasteiger partial charge in [0.2, 0.25) is 0 Å². The van der Waals surface area contributed by atoms with Gasteiger partial charge in [0.25, 0.3) is 0 Å². The summed E-state index contributed by atoms with van der Waals surface area (Å²) in [7, 11) is 1.49. The van der Waals surface area contributed by atoms with E-state index in [9.17, 15) is 4.79 Å². The van der Waals surface area contributed by atoms with Crippen molar-refractivity contribution in [2.24, 2.45) is 10.8 Å². The topological polar surface area (TPSA) is 26.3 Å². The smallest absolute Gasteiger partial charge is 0.311 e. The van der Waals surface area contributed by atoms with E-state index in [1.54, 1.807) is 0 Å². The van der Waals surface area contributed by atoms with E-state index in [0.717, 1.165) is 25.7 Å². The maximum Gasteiger partial charge on any atom is 0.311 e. The van der Waals surface area contributed by atoms with Crippen LogP contribution in [0.3, 0.4) is 0 Å². The Bertz CT molecular complexity index is 467. The summed E-state index contributed by atoms with van der Waals surface area (Å²) in [6, 6.07) is 10.3. The number of ether oxygens (including phenoxy) is 1. The van der Waals surface area contributed by atoms with Crippen molar-refractivity contribution in [3.63, 3.8) is 0 Å². The van der Waals surface area contributed by atoms with Crippen LogP contribution in [-0.4, -0.2) is 13.1 Å². The number of hydrogen-bond donors (Lipinski definition) is 0. The molecule has 1 aromatic carbocycles. The minimum atomic E-state index is -0.102. The fraction of sp³-hybridized carbons (Fsp3) is 0.438. The van der Waals surface area contributed by atoms with E-state index in [1.807, 2.05) is 18.2 Å². The predicted octanol–water partition coefficient (Wildman–Crippen LogP) is 3.43. The maximum atomic E-state index is 11.6. The van der Waals surface area contributed by atoms with Crippen molar-refractivity contribution in [2.45, 2.75) is 25.7 Å². The summed E-state index contributed by atoms with van der Waals surface area (Å²) < 4.78 is 4.86. The summed E-state index contributed by atoms with van der Waals surface area (Å²) >= 11 is 0. The summed E-state index contributed by atoms with van der Waals surface area (Å²) in [6.45, 7) is 0. The first-order valence-corrected chi connectivity index (χ1v) is 6.48. The molecule has 0 aromatic heterocycles. The number of carbonyl (C=O) groups is 1. The van der Waals surface area contributed by atoms with Gasteiger partial charge in [-0.2, -0.15) is 0 Å². The molecular formula is C16H18O2. The number of allylic oxidation sites excluding steroid dienone is 1. The molecule has 18 heavy (non-hydrogen) atoms. The minimum absolute atomic E-state index is 0.00332. The quantitative estimate of drug-likeness (QED) is 0.756. The van der Waals surface area contributed by atoms with Crippen molar-refractivity contribution in [1.82, 2.24) is 0 Å². The molecule has 2 bridgehead atoms. The number of esters is 1. The first-order valence-electron chi connectivity index (χ1n) is 6.48. The van der Waals surface area contributed by atoms with Crippen LogP contribution < -0.4 is 0 Å². The van der Waals surface area contributed by atoms with E-state index in [0.29, 0.717) is 5.41 Å². The lowest BCUT2D eigenvalue weighted by Gasteiger charge is -2.68. The second-order valence-electron chi connectivity index (χ2n) is 5.82. The van der Waals surface area contributed by atoms with Gasteiger partial charge in [-0.25, -0.2) is 0 Å². The molecule has 0 spiro atoms. The van der Waals surface area contributed by atoms with Crippen molar-refractivity contribution >= 4 is 12.0 Å². The van der Waals surface area contributed by atoms with Gasteiger partial charge in [-0.15, -0.1) is 0 Å². The Kier molecular flexibility index (Phi) is 2.54. The predicted molar refractivity (Wildman–Crippen MR) is 70.8 cm³/mol. The lowest BCUT2D eigenvalue weighted by Crippen LogP contribution is -2.65. The molecule has 2 heteroatoms. The molecule has 3 aliphatic rings. The zero-order valence-corrected chi connectivity index (χ0v) is 10.7. The molecule has 0 radical (unpaired) electrons. The normalized spacial score (nSPS) is 32.7. The van der Waals surface area contributed by atoms with Crippen molar-refractivity contribution < 1.29 is 9.53 Å². The maximum absolute atomic E-state index is 11.6. The van der Waals surface area contributed by atoms with E-state index in [2.05, 4.69) is 24.3 Å². The highest BCUT2D eigenvalue weighted by molar-refractivity contribution is 5.81. The molecule has 0 unspecified atom stereocenters. The van der Waals surface area contributed by atoms with Gasteiger partial charge >= 0.3 is 5.97 Å². The van der Waals surface area contributed by atoms with E-state index in [4.69, 9.17) is 4.74 Å². The first kappa shape index (κ1) is 11.5. The molecule has 0 N–H and O–H groups in total. The average molecular weight is 242 g/mol. The van der Waals surface area contributed by atoms with Crippen LogP contribution in [0.4, 0.5) is 0 Å². The number of hydrogen-bond acceptors (Lipinski definition) is 2. The van der Waals surface area contributed by atoms with Gasteiger partial charge in [-0.1, -0.05) is 42.5 Å². The molecule has 0 amide bonds. The molecule has 3 fully saturated rings. The van der Waals surface area contributed by atoms with Crippen LogP contribution in [0.1, 0.15) is 31.2 Å². The van der Waals surface area contributed by atoms with Crippen LogP contribution in [0.15, 0.2) is 36.4 Å². The fourth-order valence-corrected chi connectivity index (χ4v) is 3.66. The molecule has 4 rings (SSSR count). The molecule has 0 saturated heterocycles. The van der Waals surface area contributed by atoms with Gasteiger partial charge in [0.15, 0.2) is 0 Å². The summed E-state index contributed by atoms with van der Waals surface area (Å²) in [5.74, 6) is -0.00332. The minimum Gasteiger partial charge on any atom is -0.469 e. The molecule has 2 nitrogen and oxygen atoms in total. The SMILES string of the molecule is COC(=O)C12CC(C/C=C/c3ccccc3)(C1)C2. The lowest BCUT2D eigenvalue weighted by molar-refractivity contribution is -0.224. The van der Waals surface area contributed by atoms with Gasteiger partial charge in [-0.3, -0.25) is 4.79 Å². The van der Waals surface area contributed by atoms with Crippen molar-refractivity contribution in [3.8, 4) is 0 Å². The number of methoxy groups -OCH3 is 1. The largest absolute Gasteiger partial charge is 0.469 e. The van der Waals surface area contributed by atoms with E-state index >= 15 is 0 Å². The standard InChI is InChI=1S/C16H18O2/c1-18-14(17)16-10-15(11-16,12-16)9-5-8-13-6-3-2-4-7-13/h2-8H,9-12H2,1H3/b8-5+. The van der Waals surface area contributed by atoms with Gasteiger partial charge in [0, 0.05) is 0 Å². The van der Waals surface area contributed by atoms with Crippen LogP contribution >= 0.6 is 0 Å². The fourth-order valence-electron chi connectivity index (χ4n) is 3.66. The second-order valence-corrected chi connectivity index (χ2v) is 5.82. The molecule has 0 atom stereocenters. The molecule has 0 aliphatic heterocycles. The van der Waals surface area contributed by atoms with Gasteiger partial charge < -0.3 is 4.74 Å².